The summed E-state index contributed by atoms with van der Waals surface area (Å²) in [5.74, 6) is -0.757. The average Bonchev–Trinajstić information content (AvgIpc) is 3.02. The number of carbonyl (C=O) groups is 2. The standard InChI is InChI=1S/C34H28N2O4/c1-39-33(37)25-14-12-23(13-15-25)20-27(21-35-28-8-4-3-5-9-28)30-22-36-31-11-7-6-10-29(31)32(30)24-16-18-26(19-17-24)34(38)40-2/h3-20,22,35H,21H2,1-2H3. The molecule has 0 aliphatic heterocycles. The van der Waals surface area contributed by atoms with E-state index in [1.54, 1.807) is 24.3 Å². The summed E-state index contributed by atoms with van der Waals surface area (Å²) in [6.07, 6.45) is 3.99. The number of rotatable bonds is 8. The van der Waals surface area contributed by atoms with E-state index in [2.05, 4.69) is 17.5 Å². The van der Waals surface area contributed by atoms with Gasteiger partial charge in [-0.05, 0) is 65.2 Å². The third-order valence-electron chi connectivity index (χ3n) is 6.65. The molecule has 40 heavy (non-hydrogen) atoms. The van der Waals surface area contributed by atoms with Crippen LogP contribution in [-0.2, 0) is 9.47 Å². The summed E-state index contributed by atoms with van der Waals surface area (Å²) in [5.41, 5.74) is 7.67. The van der Waals surface area contributed by atoms with E-state index in [0.29, 0.717) is 17.7 Å². The van der Waals surface area contributed by atoms with Gasteiger partial charge >= 0.3 is 11.9 Å². The van der Waals surface area contributed by atoms with Gasteiger partial charge in [-0.1, -0.05) is 60.7 Å². The van der Waals surface area contributed by atoms with Gasteiger partial charge in [0.25, 0.3) is 0 Å². The van der Waals surface area contributed by atoms with Crippen molar-refractivity contribution < 1.29 is 19.1 Å². The van der Waals surface area contributed by atoms with Gasteiger partial charge in [0.2, 0.25) is 0 Å². The number of anilines is 1. The summed E-state index contributed by atoms with van der Waals surface area (Å²) in [7, 11) is 2.74. The van der Waals surface area contributed by atoms with Crippen LogP contribution in [0.2, 0.25) is 0 Å². The first-order valence-corrected chi connectivity index (χ1v) is 12.8. The fraction of sp³-hybridized carbons (Fsp3) is 0.0882. The summed E-state index contributed by atoms with van der Waals surface area (Å²) in [6.45, 7) is 0.524. The molecule has 0 bridgehead atoms. The molecule has 0 aliphatic carbocycles. The minimum atomic E-state index is -0.380. The maximum absolute atomic E-state index is 12.1. The largest absolute Gasteiger partial charge is 0.465 e. The van der Waals surface area contributed by atoms with Gasteiger partial charge in [-0.3, -0.25) is 4.98 Å². The number of nitrogens with one attached hydrogen (secondary N) is 1. The second-order valence-corrected chi connectivity index (χ2v) is 9.14. The molecule has 1 heterocycles. The molecule has 0 aliphatic rings. The highest BCUT2D eigenvalue weighted by Crippen LogP contribution is 2.36. The van der Waals surface area contributed by atoms with Crippen LogP contribution in [0.3, 0.4) is 0 Å². The van der Waals surface area contributed by atoms with Gasteiger partial charge < -0.3 is 14.8 Å². The molecule has 0 spiro atoms. The van der Waals surface area contributed by atoms with Crippen molar-refractivity contribution >= 4 is 40.2 Å². The molecule has 6 heteroatoms. The Morgan fingerprint density at radius 2 is 1.35 bits per heavy atom. The first kappa shape index (κ1) is 26.4. The van der Waals surface area contributed by atoms with Crippen molar-refractivity contribution in [3.63, 3.8) is 0 Å². The number of fused-ring (bicyclic) bond motifs is 1. The van der Waals surface area contributed by atoms with Crippen LogP contribution in [-0.4, -0.2) is 37.7 Å². The Hall–Kier alpha value is -5.23. The highest BCUT2D eigenvalue weighted by Gasteiger charge is 2.16. The van der Waals surface area contributed by atoms with E-state index in [4.69, 9.17) is 14.5 Å². The number of hydrogen-bond acceptors (Lipinski definition) is 6. The fourth-order valence-corrected chi connectivity index (χ4v) is 4.60. The number of nitrogens with zero attached hydrogens (tertiary/aromatic N) is 1. The van der Waals surface area contributed by atoms with Gasteiger partial charge in [0.05, 0.1) is 30.9 Å². The lowest BCUT2D eigenvalue weighted by atomic mass is 9.91. The summed E-state index contributed by atoms with van der Waals surface area (Å²) < 4.78 is 9.74. The van der Waals surface area contributed by atoms with Crippen LogP contribution in [0.25, 0.3) is 33.7 Å². The zero-order chi connectivity index (χ0) is 27.9. The van der Waals surface area contributed by atoms with Crippen LogP contribution in [0.15, 0.2) is 109 Å². The minimum absolute atomic E-state index is 0.377. The van der Waals surface area contributed by atoms with Crippen LogP contribution >= 0.6 is 0 Å². The van der Waals surface area contributed by atoms with E-state index < -0.39 is 0 Å². The number of hydrogen-bond donors (Lipinski definition) is 1. The molecule has 0 unspecified atom stereocenters. The molecule has 0 fully saturated rings. The molecule has 0 amide bonds. The number of aromatic nitrogens is 1. The van der Waals surface area contributed by atoms with Gasteiger partial charge in [-0.15, -0.1) is 0 Å². The van der Waals surface area contributed by atoms with Crippen LogP contribution in [0, 0.1) is 0 Å². The van der Waals surface area contributed by atoms with E-state index in [-0.39, 0.29) is 11.9 Å². The molecule has 5 aromatic rings. The summed E-state index contributed by atoms with van der Waals surface area (Å²) in [5, 5.41) is 4.53. The normalized spacial score (nSPS) is 11.2. The lowest BCUT2D eigenvalue weighted by Gasteiger charge is -2.18. The Bertz CT molecular complexity index is 1680. The fourth-order valence-electron chi connectivity index (χ4n) is 4.60. The Balaban J connectivity index is 1.65. The van der Waals surface area contributed by atoms with Gasteiger partial charge in [0.15, 0.2) is 0 Å². The molecule has 0 saturated heterocycles. The maximum atomic E-state index is 12.1. The van der Waals surface area contributed by atoms with Crippen molar-refractivity contribution in [2.24, 2.45) is 0 Å². The number of carbonyl (C=O) groups excluding carboxylic acids is 2. The Labute approximate surface area is 232 Å². The highest BCUT2D eigenvalue weighted by atomic mass is 16.5. The second-order valence-electron chi connectivity index (χ2n) is 9.14. The van der Waals surface area contributed by atoms with Gasteiger partial charge in [-0.25, -0.2) is 9.59 Å². The lowest BCUT2D eigenvalue weighted by molar-refractivity contribution is 0.0592. The molecule has 0 atom stereocenters. The first-order valence-electron chi connectivity index (χ1n) is 12.8. The van der Waals surface area contributed by atoms with Gasteiger partial charge in [0, 0.05) is 34.9 Å². The van der Waals surface area contributed by atoms with Crippen LogP contribution in [0.5, 0.6) is 0 Å². The molecule has 5 rings (SSSR count). The van der Waals surface area contributed by atoms with E-state index in [9.17, 15) is 9.59 Å². The zero-order valence-corrected chi connectivity index (χ0v) is 22.3. The Morgan fingerprint density at radius 1 is 0.750 bits per heavy atom. The van der Waals surface area contributed by atoms with Crippen LogP contribution < -0.4 is 5.32 Å². The van der Waals surface area contributed by atoms with E-state index in [1.807, 2.05) is 79.0 Å². The van der Waals surface area contributed by atoms with Crippen molar-refractivity contribution in [2.45, 2.75) is 0 Å². The molecule has 6 nitrogen and oxygen atoms in total. The Kier molecular flexibility index (Phi) is 7.97. The number of ether oxygens (including phenoxy) is 2. The van der Waals surface area contributed by atoms with Gasteiger partial charge in [-0.2, -0.15) is 0 Å². The summed E-state index contributed by atoms with van der Waals surface area (Å²) in [4.78, 5) is 28.8. The predicted molar refractivity (Wildman–Crippen MR) is 159 cm³/mol. The SMILES string of the molecule is COC(=O)c1ccc(C=C(CNc2ccccc2)c2cnc3ccccc3c2-c2ccc(C(=O)OC)cc2)cc1. The van der Waals surface area contributed by atoms with E-state index in [0.717, 1.165) is 44.4 Å². The van der Waals surface area contributed by atoms with Crippen molar-refractivity contribution in [2.75, 3.05) is 26.1 Å². The quantitative estimate of drug-likeness (QED) is 0.216. The number of benzene rings is 4. The third kappa shape index (κ3) is 5.76. The van der Waals surface area contributed by atoms with Crippen LogP contribution in [0.1, 0.15) is 31.8 Å². The predicted octanol–water partition coefficient (Wildman–Crippen LogP) is 7.13. The Morgan fingerprint density at radius 3 is 2.00 bits per heavy atom. The number of para-hydroxylation sites is 2. The summed E-state index contributed by atoms with van der Waals surface area (Å²) >= 11 is 0. The van der Waals surface area contributed by atoms with Crippen LogP contribution in [0.4, 0.5) is 5.69 Å². The van der Waals surface area contributed by atoms with Crippen molar-refractivity contribution in [1.29, 1.82) is 0 Å². The monoisotopic (exact) mass is 528 g/mol. The van der Waals surface area contributed by atoms with Crippen molar-refractivity contribution in [3.8, 4) is 11.1 Å². The molecule has 198 valence electrons. The van der Waals surface area contributed by atoms with E-state index in [1.165, 1.54) is 14.2 Å². The average molecular weight is 529 g/mol. The topological polar surface area (TPSA) is 77.5 Å². The first-order chi connectivity index (χ1) is 19.6. The number of pyridine rings is 1. The highest BCUT2D eigenvalue weighted by molar-refractivity contribution is 6.03. The maximum Gasteiger partial charge on any atom is 0.337 e. The molecule has 0 radical (unpaired) electrons. The number of esters is 2. The molecular formula is C34H28N2O4. The molecule has 1 N–H and O–H groups in total. The second kappa shape index (κ2) is 12.1. The zero-order valence-electron chi connectivity index (χ0n) is 22.3. The summed E-state index contributed by atoms with van der Waals surface area (Å²) in [6, 6.07) is 32.7. The van der Waals surface area contributed by atoms with E-state index >= 15 is 0 Å². The lowest BCUT2D eigenvalue weighted by Crippen LogP contribution is -2.06. The minimum Gasteiger partial charge on any atom is -0.465 e. The van der Waals surface area contributed by atoms with Gasteiger partial charge in [0.1, 0.15) is 0 Å². The molecule has 0 saturated carbocycles. The molecule has 4 aromatic carbocycles. The third-order valence-corrected chi connectivity index (χ3v) is 6.65. The van der Waals surface area contributed by atoms with Crippen molar-refractivity contribution in [1.82, 2.24) is 4.98 Å². The number of methoxy groups -OCH3 is 2. The van der Waals surface area contributed by atoms with Crippen molar-refractivity contribution in [3.05, 3.63) is 132 Å². The molecule has 1 aromatic heterocycles. The molecular weight excluding hydrogens is 500 g/mol. The smallest absolute Gasteiger partial charge is 0.337 e.